The first-order chi connectivity index (χ1) is 6.19. The van der Waals surface area contributed by atoms with Gasteiger partial charge in [-0.2, -0.15) is 5.26 Å². The fourth-order valence-corrected chi connectivity index (χ4v) is 1.16. The molecule has 67 valence electrons. The Bertz CT molecular complexity index is 338. The second kappa shape index (κ2) is 4.04. The zero-order chi connectivity index (χ0) is 9.84. The van der Waals surface area contributed by atoms with Crippen LogP contribution in [-0.2, 0) is 0 Å². The number of nitrogens with zero attached hydrogens (tertiary/aromatic N) is 1. The first kappa shape index (κ1) is 9.73. The van der Waals surface area contributed by atoms with Crippen molar-refractivity contribution in [1.29, 1.82) is 5.26 Å². The number of rotatable bonds is 2. The Labute approximate surface area is 77.8 Å². The van der Waals surface area contributed by atoms with Gasteiger partial charge in [-0.25, -0.2) is 0 Å². The number of aryl methyl sites for hydroxylation is 1. The van der Waals surface area contributed by atoms with Gasteiger partial charge in [0.05, 0.1) is 18.3 Å². The van der Waals surface area contributed by atoms with Gasteiger partial charge in [-0.1, -0.05) is 12.1 Å². The summed E-state index contributed by atoms with van der Waals surface area (Å²) in [6, 6.07) is 7.34. The van der Waals surface area contributed by atoms with Crippen molar-refractivity contribution >= 4 is 0 Å². The molecule has 0 heterocycles. The van der Waals surface area contributed by atoms with Gasteiger partial charge in [0.1, 0.15) is 0 Å². The van der Waals surface area contributed by atoms with Gasteiger partial charge < -0.3 is 0 Å². The topological polar surface area (TPSA) is 23.8 Å². The summed E-state index contributed by atoms with van der Waals surface area (Å²) < 4.78 is 12.3. The molecule has 1 radical (unpaired) electrons. The van der Waals surface area contributed by atoms with E-state index >= 15 is 0 Å². The molecule has 0 aliphatic rings. The van der Waals surface area contributed by atoms with E-state index in [1.807, 2.05) is 13.0 Å². The summed E-state index contributed by atoms with van der Waals surface area (Å²) in [5.74, 6) is -0.327. The van der Waals surface area contributed by atoms with Crippen molar-refractivity contribution < 1.29 is 4.39 Å². The third-order valence-corrected chi connectivity index (χ3v) is 2.03. The highest BCUT2D eigenvalue weighted by Gasteiger charge is 2.06. The van der Waals surface area contributed by atoms with Crippen LogP contribution in [0.5, 0.6) is 0 Å². The van der Waals surface area contributed by atoms with Crippen molar-refractivity contribution in [3.05, 3.63) is 41.8 Å². The minimum atomic E-state index is -0.467. The van der Waals surface area contributed by atoms with E-state index in [0.29, 0.717) is 5.56 Å². The molecule has 1 atom stereocenters. The van der Waals surface area contributed by atoms with Crippen LogP contribution in [0, 0.1) is 25.2 Å². The summed E-state index contributed by atoms with van der Waals surface area (Å²) in [6.45, 7) is 5.04. The van der Waals surface area contributed by atoms with Crippen LogP contribution >= 0.6 is 0 Å². The molecule has 1 rings (SSSR count). The second-order valence-electron chi connectivity index (χ2n) is 3.04. The monoisotopic (exact) mass is 176 g/mol. The van der Waals surface area contributed by atoms with Crippen LogP contribution in [0.2, 0.25) is 0 Å². The predicted octanol–water partition coefficient (Wildman–Crippen LogP) is 2.75. The molecule has 0 saturated carbocycles. The highest BCUT2D eigenvalue weighted by molar-refractivity contribution is 5.40. The molecule has 0 fully saturated rings. The van der Waals surface area contributed by atoms with Crippen LogP contribution in [0.15, 0.2) is 18.2 Å². The smallest absolute Gasteiger partial charge is 0.0994 e. The van der Waals surface area contributed by atoms with Crippen LogP contribution in [-0.4, -0.2) is 6.67 Å². The van der Waals surface area contributed by atoms with E-state index in [9.17, 15) is 4.39 Å². The van der Waals surface area contributed by atoms with Crippen molar-refractivity contribution in [3.63, 3.8) is 0 Å². The molecule has 0 aliphatic heterocycles. The Morgan fingerprint density at radius 1 is 1.62 bits per heavy atom. The molecule has 0 aliphatic carbocycles. The van der Waals surface area contributed by atoms with Gasteiger partial charge in [0.25, 0.3) is 0 Å². The van der Waals surface area contributed by atoms with E-state index in [1.54, 1.807) is 12.1 Å². The third kappa shape index (κ3) is 2.06. The molecular formula is C11H11FN. The van der Waals surface area contributed by atoms with Crippen LogP contribution in [0.4, 0.5) is 4.39 Å². The Morgan fingerprint density at radius 3 is 2.77 bits per heavy atom. The minimum absolute atomic E-state index is 0.327. The maximum absolute atomic E-state index is 12.3. The number of halogens is 1. The van der Waals surface area contributed by atoms with E-state index in [4.69, 9.17) is 5.26 Å². The number of alkyl halides is 1. The van der Waals surface area contributed by atoms with Gasteiger partial charge >= 0.3 is 0 Å². The lowest BCUT2D eigenvalue weighted by Crippen LogP contribution is -1.97. The molecule has 1 unspecified atom stereocenters. The highest BCUT2D eigenvalue weighted by Crippen LogP contribution is 2.18. The lowest BCUT2D eigenvalue weighted by molar-refractivity contribution is 0.465. The Morgan fingerprint density at radius 2 is 2.31 bits per heavy atom. The summed E-state index contributed by atoms with van der Waals surface area (Å²) in [5.41, 5.74) is 2.36. The van der Waals surface area contributed by atoms with Crippen LogP contribution < -0.4 is 0 Å². The normalized spacial score (nSPS) is 12.2. The average molecular weight is 176 g/mol. The van der Waals surface area contributed by atoms with E-state index in [0.717, 1.165) is 11.1 Å². The quantitative estimate of drug-likeness (QED) is 0.679. The molecule has 1 aromatic rings. The third-order valence-electron chi connectivity index (χ3n) is 2.03. The largest absolute Gasteiger partial charge is 0.250 e. The Balaban J connectivity index is 3.04. The number of hydrogen-bond donors (Lipinski definition) is 0. The molecule has 0 bridgehead atoms. The molecule has 13 heavy (non-hydrogen) atoms. The van der Waals surface area contributed by atoms with Gasteiger partial charge in [-0.05, 0) is 31.0 Å². The van der Waals surface area contributed by atoms with E-state index in [-0.39, 0.29) is 5.92 Å². The molecule has 0 amide bonds. The average Bonchev–Trinajstić information content (AvgIpc) is 2.16. The number of benzene rings is 1. The van der Waals surface area contributed by atoms with E-state index < -0.39 is 6.67 Å². The van der Waals surface area contributed by atoms with Gasteiger partial charge in [0.2, 0.25) is 0 Å². The fourth-order valence-electron chi connectivity index (χ4n) is 1.16. The maximum atomic E-state index is 12.3. The van der Waals surface area contributed by atoms with Crippen molar-refractivity contribution in [2.45, 2.75) is 12.8 Å². The second-order valence-corrected chi connectivity index (χ2v) is 3.04. The Hall–Kier alpha value is -1.36. The van der Waals surface area contributed by atoms with Crippen molar-refractivity contribution in [3.8, 4) is 6.07 Å². The highest BCUT2D eigenvalue weighted by atomic mass is 19.1. The van der Waals surface area contributed by atoms with Gasteiger partial charge in [-0.3, -0.25) is 4.39 Å². The Kier molecular flexibility index (Phi) is 3.02. The SMILES string of the molecule is [CH2]C(CF)c1ccc(C#N)c(C)c1. The van der Waals surface area contributed by atoms with Crippen molar-refractivity contribution in [2.75, 3.05) is 6.67 Å². The van der Waals surface area contributed by atoms with Crippen LogP contribution in [0.1, 0.15) is 22.6 Å². The summed E-state index contributed by atoms with van der Waals surface area (Å²) in [5, 5.41) is 8.67. The van der Waals surface area contributed by atoms with Crippen molar-refractivity contribution in [1.82, 2.24) is 0 Å². The van der Waals surface area contributed by atoms with Gasteiger partial charge in [0.15, 0.2) is 0 Å². The number of nitriles is 1. The molecule has 0 spiro atoms. The molecular weight excluding hydrogens is 165 g/mol. The van der Waals surface area contributed by atoms with Crippen LogP contribution in [0.25, 0.3) is 0 Å². The number of hydrogen-bond acceptors (Lipinski definition) is 1. The minimum Gasteiger partial charge on any atom is -0.250 e. The van der Waals surface area contributed by atoms with Crippen LogP contribution in [0.3, 0.4) is 0 Å². The van der Waals surface area contributed by atoms with E-state index in [1.165, 1.54) is 0 Å². The maximum Gasteiger partial charge on any atom is 0.0994 e. The molecule has 0 aromatic heterocycles. The van der Waals surface area contributed by atoms with Gasteiger partial charge in [0, 0.05) is 5.92 Å². The molecule has 0 N–H and O–H groups in total. The summed E-state index contributed by atoms with van der Waals surface area (Å²) in [4.78, 5) is 0. The zero-order valence-electron chi connectivity index (χ0n) is 7.55. The molecule has 0 saturated heterocycles. The zero-order valence-corrected chi connectivity index (χ0v) is 7.55. The fraction of sp³-hybridized carbons (Fsp3) is 0.273. The lowest BCUT2D eigenvalue weighted by Gasteiger charge is -2.08. The molecule has 2 heteroatoms. The van der Waals surface area contributed by atoms with Gasteiger partial charge in [-0.15, -0.1) is 0 Å². The standard InChI is InChI=1S/C11H11FN/c1-8-5-10(9(2)6-12)3-4-11(8)7-13/h3-5,9H,2,6H2,1H3. The summed E-state index contributed by atoms with van der Waals surface area (Å²) >= 11 is 0. The predicted molar refractivity (Wildman–Crippen MR) is 50.0 cm³/mol. The summed E-state index contributed by atoms with van der Waals surface area (Å²) in [7, 11) is 0. The first-order valence-corrected chi connectivity index (χ1v) is 4.08. The summed E-state index contributed by atoms with van der Waals surface area (Å²) in [6.07, 6.45) is 0. The first-order valence-electron chi connectivity index (χ1n) is 4.08. The molecule has 1 nitrogen and oxygen atoms in total. The molecule has 1 aromatic carbocycles. The van der Waals surface area contributed by atoms with Crippen molar-refractivity contribution in [2.24, 2.45) is 0 Å². The lowest BCUT2D eigenvalue weighted by atomic mass is 9.98. The van der Waals surface area contributed by atoms with E-state index in [2.05, 4.69) is 13.0 Å².